The van der Waals surface area contributed by atoms with Crippen LogP contribution >= 0.6 is 0 Å². The van der Waals surface area contributed by atoms with Crippen molar-refractivity contribution in [2.75, 3.05) is 7.05 Å². The largest absolute Gasteiger partial charge is 0.483 e. The Kier molecular flexibility index (Phi) is 5.16. The summed E-state index contributed by atoms with van der Waals surface area (Å²) in [4.78, 5) is 14.5. The Morgan fingerprint density at radius 1 is 1.53 bits per heavy atom. The average molecular weight is 236 g/mol. The van der Waals surface area contributed by atoms with E-state index in [1.165, 1.54) is 0 Å². The number of hydroxylamine groups is 1. The third-order valence-corrected chi connectivity index (χ3v) is 2.30. The van der Waals surface area contributed by atoms with Gasteiger partial charge in [-0.1, -0.05) is 6.92 Å². The van der Waals surface area contributed by atoms with Crippen molar-refractivity contribution in [3.05, 3.63) is 29.8 Å². The first kappa shape index (κ1) is 13.2. The molecular weight excluding hydrogens is 220 g/mol. The highest BCUT2D eigenvalue weighted by atomic mass is 16.5. The van der Waals surface area contributed by atoms with Gasteiger partial charge in [-0.25, -0.2) is 0 Å². The molecule has 0 aromatic heterocycles. The molecule has 0 bridgehead atoms. The Hall–Kier alpha value is -1.88. The summed E-state index contributed by atoms with van der Waals surface area (Å²) in [6, 6.07) is 6.95. The lowest BCUT2D eigenvalue weighted by Crippen LogP contribution is -2.20. The maximum Gasteiger partial charge on any atom is 0.160 e. The molecule has 0 fully saturated rings. The summed E-state index contributed by atoms with van der Waals surface area (Å²) in [7, 11) is 1.57. The van der Waals surface area contributed by atoms with Crippen LogP contribution in [0.1, 0.15) is 18.9 Å². The zero-order valence-electron chi connectivity index (χ0n) is 9.88. The fraction of sp³-hybridized carbons (Fsp3) is 0.333. The summed E-state index contributed by atoms with van der Waals surface area (Å²) in [6.07, 6.45) is 0.990. The van der Waals surface area contributed by atoms with Gasteiger partial charge in [0.2, 0.25) is 0 Å². The number of carbonyl (C=O) groups excluding carboxylic acids is 1. The number of aldehydes is 1. The van der Waals surface area contributed by atoms with Crippen LogP contribution in [0, 0.1) is 0 Å². The maximum absolute atomic E-state index is 10.6. The molecule has 1 rings (SSSR count). The predicted molar refractivity (Wildman–Crippen MR) is 64.6 cm³/mol. The molecule has 0 aliphatic rings. The Morgan fingerprint density at radius 3 is 2.59 bits per heavy atom. The Labute approximate surface area is 100 Å². The molecule has 2 N–H and O–H groups in total. The predicted octanol–water partition coefficient (Wildman–Crippen LogP) is 1.40. The van der Waals surface area contributed by atoms with Crippen LogP contribution < -0.4 is 10.2 Å². The normalized spacial score (nSPS) is 13.0. The minimum atomic E-state index is -0.420. The van der Waals surface area contributed by atoms with Crippen LogP contribution in [0.5, 0.6) is 5.75 Å². The molecule has 1 aromatic rings. The summed E-state index contributed by atoms with van der Waals surface area (Å²) in [5, 5.41) is 8.81. The number of nitrogens with one attached hydrogen (secondary N) is 1. The van der Waals surface area contributed by atoms with Crippen molar-refractivity contribution in [3.63, 3.8) is 0 Å². The molecular formula is C12H16N2O3. The number of hydrogen-bond donors (Lipinski definition) is 2. The molecule has 1 unspecified atom stereocenters. The Bertz CT molecular complexity index is 387. The van der Waals surface area contributed by atoms with Gasteiger partial charge in [0.15, 0.2) is 18.2 Å². The van der Waals surface area contributed by atoms with Crippen LogP contribution in [0.3, 0.4) is 0 Å². The van der Waals surface area contributed by atoms with E-state index >= 15 is 0 Å². The lowest BCUT2D eigenvalue weighted by molar-refractivity contribution is -0.113. The van der Waals surface area contributed by atoms with E-state index in [0.29, 0.717) is 18.0 Å². The fourth-order valence-corrected chi connectivity index (χ4v) is 1.32. The number of carbonyl (C=O) groups is 1. The minimum Gasteiger partial charge on any atom is -0.483 e. The topological polar surface area (TPSA) is 70.9 Å². The average Bonchev–Trinajstić information content (AvgIpc) is 2.39. The molecule has 0 spiro atoms. The van der Waals surface area contributed by atoms with Gasteiger partial charge < -0.3 is 4.74 Å². The summed E-state index contributed by atoms with van der Waals surface area (Å²) in [5.41, 5.74) is 2.74. The number of aliphatic imine (C=N–C) groups is 1. The van der Waals surface area contributed by atoms with Crippen molar-refractivity contribution < 1.29 is 14.7 Å². The van der Waals surface area contributed by atoms with Gasteiger partial charge >= 0.3 is 0 Å². The van der Waals surface area contributed by atoms with Crippen molar-refractivity contribution in [2.24, 2.45) is 4.99 Å². The van der Waals surface area contributed by atoms with Crippen molar-refractivity contribution in [2.45, 2.75) is 19.4 Å². The minimum absolute atomic E-state index is 0.374. The first-order chi connectivity index (χ1) is 8.24. The summed E-state index contributed by atoms with van der Waals surface area (Å²) in [6.45, 7) is 1.88. The highest BCUT2D eigenvalue weighted by Gasteiger charge is 2.06. The first-order valence-corrected chi connectivity index (χ1v) is 5.34. The molecule has 0 saturated carbocycles. The molecule has 17 heavy (non-hydrogen) atoms. The SMILES string of the molecule is CCC(C=O)Oc1ccc(C(=NC)NO)cc1. The lowest BCUT2D eigenvalue weighted by Gasteiger charge is -2.11. The summed E-state index contributed by atoms with van der Waals surface area (Å²) < 4.78 is 5.42. The Balaban J connectivity index is 2.77. The van der Waals surface area contributed by atoms with Crippen molar-refractivity contribution in [3.8, 4) is 5.75 Å². The lowest BCUT2D eigenvalue weighted by atomic mass is 10.2. The molecule has 1 aromatic carbocycles. The van der Waals surface area contributed by atoms with E-state index in [4.69, 9.17) is 9.94 Å². The second-order valence-electron chi connectivity index (χ2n) is 3.41. The van der Waals surface area contributed by atoms with Crippen molar-refractivity contribution in [1.29, 1.82) is 0 Å². The van der Waals surface area contributed by atoms with Gasteiger partial charge in [0, 0.05) is 12.6 Å². The quantitative estimate of drug-likeness (QED) is 0.351. The molecule has 92 valence electrons. The maximum atomic E-state index is 10.6. The number of hydrogen-bond acceptors (Lipinski definition) is 4. The van der Waals surface area contributed by atoms with Crippen molar-refractivity contribution >= 4 is 12.1 Å². The number of nitrogens with zero attached hydrogens (tertiary/aromatic N) is 1. The smallest absolute Gasteiger partial charge is 0.160 e. The first-order valence-electron chi connectivity index (χ1n) is 5.34. The number of benzene rings is 1. The third-order valence-electron chi connectivity index (χ3n) is 2.30. The molecule has 0 saturated heterocycles. The number of rotatable bonds is 5. The highest BCUT2D eigenvalue weighted by Crippen LogP contribution is 2.14. The van der Waals surface area contributed by atoms with Gasteiger partial charge in [0.1, 0.15) is 5.75 Å². The second-order valence-corrected chi connectivity index (χ2v) is 3.41. The van der Waals surface area contributed by atoms with E-state index in [9.17, 15) is 4.79 Å². The Morgan fingerprint density at radius 2 is 2.18 bits per heavy atom. The molecule has 1 atom stereocenters. The van der Waals surface area contributed by atoms with Crippen LogP contribution in [0.2, 0.25) is 0 Å². The highest BCUT2D eigenvalue weighted by molar-refractivity contribution is 5.97. The van der Waals surface area contributed by atoms with E-state index in [1.54, 1.807) is 31.3 Å². The number of amidine groups is 1. The molecule has 0 amide bonds. The van der Waals surface area contributed by atoms with E-state index in [2.05, 4.69) is 4.99 Å². The molecule has 0 heterocycles. The zero-order valence-corrected chi connectivity index (χ0v) is 9.88. The van der Waals surface area contributed by atoms with Gasteiger partial charge in [0.05, 0.1) is 0 Å². The van der Waals surface area contributed by atoms with Crippen LogP contribution in [0.25, 0.3) is 0 Å². The standard InChI is InChI=1S/C12H16N2O3/c1-3-10(8-15)17-11-6-4-9(5-7-11)12(13-2)14-16/h4-8,10,16H,3H2,1-2H3,(H,13,14). The van der Waals surface area contributed by atoms with Crippen LogP contribution in [-0.4, -0.2) is 30.5 Å². The van der Waals surface area contributed by atoms with Crippen molar-refractivity contribution in [1.82, 2.24) is 5.48 Å². The summed E-state index contributed by atoms with van der Waals surface area (Å²) >= 11 is 0. The van der Waals surface area contributed by atoms with E-state index < -0.39 is 6.10 Å². The van der Waals surface area contributed by atoms with Gasteiger partial charge in [-0.05, 0) is 30.7 Å². The fourth-order valence-electron chi connectivity index (χ4n) is 1.32. The zero-order chi connectivity index (χ0) is 12.7. The van der Waals surface area contributed by atoms with Crippen LogP contribution in [0.4, 0.5) is 0 Å². The molecule has 0 radical (unpaired) electrons. The van der Waals surface area contributed by atoms with Gasteiger partial charge in [-0.15, -0.1) is 0 Å². The van der Waals surface area contributed by atoms with Gasteiger partial charge in [-0.3, -0.25) is 20.5 Å². The summed E-state index contributed by atoms with van der Waals surface area (Å²) in [5.74, 6) is 0.986. The molecule has 5 heteroatoms. The monoisotopic (exact) mass is 236 g/mol. The van der Waals surface area contributed by atoms with Crippen LogP contribution in [0.15, 0.2) is 29.3 Å². The second kappa shape index (κ2) is 6.65. The third kappa shape index (κ3) is 3.57. The van der Waals surface area contributed by atoms with Gasteiger partial charge in [-0.2, -0.15) is 0 Å². The van der Waals surface area contributed by atoms with E-state index in [1.807, 2.05) is 12.4 Å². The van der Waals surface area contributed by atoms with Crippen LogP contribution in [-0.2, 0) is 4.79 Å². The molecule has 0 aliphatic carbocycles. The van der Waals surface area contributed by atoms with Gasteiger partial charge in [0.25, 0.3) is 0 Å². The number of ether oxygens (including phenoxy) is 1. The van der Waals surface area contributed by atoms with E-state index in [-0.39, 0.29) is 0 Å². The molecule has 0 aliphatic heterocycles. The molecule has 5 nitrogen and oxygen atoms in total. The van der Waals surface area contributed by atoms with E-state index in [0.717, 1.165) is 11.8 Å².